The molecule has 0 radical (unpaired) electrons. The molecule has 1 aromatic carbocycles. The molecule has 114 valence electrons. The third kappa shape index (κ3) is 4.72. The second-order valence-corrected chi connectivity index (χ2v) is 6.59. The molecule has 0 spiro atoms. The molecule has 0 bridgehead atoms. The number of benzene rings is 1. The average molecular weight is 324 g/mol. The zero-order valence-electron chi connectivity index (χ0n) is 12.9. The molecule has 0 fully saturated rings. The summed E-state index contributed by atoms with van der Waals surface area (Å²) in [6.07, 6.45) is 3.15. The van der Waals surface area contributed by atoms with Gasteiger partial charge in [-0.3, -0.25) is 0 Å². The smallest absolute Gasteiger partial charge is 0.122 e. The van der Waals surface area contributed by atoms with Crippen LogP contribution in [0.1, 0.15) is 40.2 Å². The number of aromatic nitrogens is 1. The quantitative estimate of drug-likeness (QED) is 0.515. The molecule has 0 aliphatic heterocycles. The van der Waals surface area contributed by atoms with E-state index in [1.54, 1.807) is 11.3 Å². The summed E-state index contributed by atoms with van der Waals surface area (Å²) in [7, 11) is 0. The Morgan fingerprint density at radius 1 is 1.19 bits per heavy atom. The maximum Gasteiger partial charge on any atom is 0.122 e. The Morgan fingerprint density at radius 2 is 2.00 bits per heavy atom. The van der Waals surface area contributed by atoms with E-state index < -0.39 is 0 Å². The van der Waals surface area contributed by atoms with Gasteiger partial charge in [-0.25, -0.2) is 4.98 Å². The Morgan fingerprint density at radius 3 is 2.71 bits per heavy atom. The first kappa shape index (κ1) is 16.3. The zero-order chi connectivity index (χ0) is 15.2. The summed E-state index contributed by atoms with van der Waals surface area (Å²) in [6.45, 7) is 7.12. The highest BCUT2D eigenvalue weighted by molar-refractivity contribution is 7.09. The highest BCUT2D eigenvalue weighted by Crippen LogP contribution is 2.23. The van der Waals surface area contributed by atoms with E-state index in [2.05, 4.69) is 37.9 Å². The number of thiazole rings is 1. The lowest BCUT2D eigenvalue weighted by Gasteiger charge is -2.12. The lowest BCUT2D eigenvalue weighted by atomic mass is 10.1. The van der Waals surface area contributed by atoms with Crippen LogP contribution in [0.15, 0.2) is 17.5 Å². The number of hydrogen-bond acceptors (Lipinski definition) is 3. The van der Waals surface area contributed by atoms with E-state index in [9.17, 15) is 0 Å². The van der Waals surface area contributed by atoms with Crippen LogP contribution in [-0.4, -0.2) is 11.6 Å². The average Bonchev–Trinajstić information content (AvgIpc) is 2.91. The number of rotatable bonds is 7. The number of unbranched alkanes of at least 4 members (excludes halogenated alkanes) is 1. The largest absolute Gasteiger partial charge is 0.493 e. The second-order valence-electron chi connectivity index (χ2n) is 5.38. The van der Waals surface area contributed by atoms with Gasteiger partial charge in [0.25, 0.3) is 0 Å². The van der Waals surface area contributed by atoms with E-state index in [1.807, 2.05) is 5.38 Å². The number of ether oxygens (including phenoxy) is 1. The van der Waals surface area contributed by atoms with Crippen molar-refractivity contribution in [2.75, 3.05) is 6.61 Å². The van der Waals surface area contributed by atoms with Crippen molar-refractivity contribution in [2.24, 2.45) is 0 Å². The van der Waals surface area contributed by atoms with Gasteiger partial charge in [0.2, 0.25) is 0 Å². The minimum absolute atomic E-state index is 0.506. The number of aryl methyl sites for hydroxylation is 3. The lowest BCUT2D eigenvalue weighted by molar-refractivity contribution is 0.304. The first-order chi connectivity index (χ1) is 10.1. The summed E-state index contributed by atoms with van der Waals surface area (Å²) < 4.78 is 5.92. The third-order valence-electron chi connectivity index (χ3n) is 3.54. The molecule has 0 atom stereocenters. The number of hydrogen-bond donors (Lipinski definition) is 0. The molecule has 0 saturated heterocycles. The van der Waals surface area contributed by atoms with Crippen molar-refractivity contribution in [1.29, 1.82) is 0 Å². The Balaban J connectivity index is 1.75. The second kappa shape index (κ2) is 7.81. The van der Waals surface area contributed by atoms with Crippen LogP contribution in [0.4, 0.5) is 0 Å². The van der Waals surface area contributed by atoms with Gasteiger partial charge in [-0.1, -0.05) is 6.07 Å². The highest BCUT2D eigenvalue weighted by Gasteiger charge is 2.04. The van der Waals surface area contributed by atoms with Crippen molar-refractivity contribution in [3.05, 3.63) is 44.9 Å². The number of nitrogens with zero attached hydrogens (tertiary/aromatic N) is 1. The van der Waals surface area contributed by atoms with Gasteiger partial charge >= 0.3 is 0 Å². The zero-order valence-corrected chi connectivity index (χ0v) is 14.5. The maximum atomic E-state index is 5.92. The van der Waals surface area contributed by atoms with E-state index >= 15 is 0 Å². The highest BCUT2D eigenvalue weighted by atomic mass is 35.5. The van der Waals surface area contributed by atoms with Crippen molar-refractivity contribution in [1.82, 2.24) is 4.98 Å². The van der Waals surface area contributed by atoms with Crippen molar-refractivity contribution >= 4 is 22.9 Å². The number of alkyl halides is 1. The maximum absolute atomic E-state index is 5.92. The molecule has 1 heterocycles. The Kier molecular flexibility index (Phi) is 6.07. The standard InChI is InChI=1S/C17H22ClNOS/c1-12-8-13(2)14(3)16(9-12)20-7-5-4-6-17-19-15(10-18)11-21-17/h8-9,11H,4-7,10H2,1-3H3. The Hall–Kier alpha value is -1.06. The van der Waals surface area contributed by atoms with Gasteiger partial charge in [-0.2, -0.15) is 0 Å². The van der Waals surface area contributed by atoms with Crippen molar-refractivity contribution in [2.45, 2.75) is 45.9 Å². The molecule has 4 heteroatoms. The van der Waals surface area contributed by atoms with Crippen LogP contribution in [0.3, 0.4) is 0 Å². The van der Waals surface area contributed by atoms with E-state index in [1.165, 1.54) is 21.7 Å². The summed E-state index contributed by atoms with van der Waals surface area (Å²) >= 11 is 7.45. The summed E-state index contributed by atoms with van der Waals surface area (Å²) in [6, 6.07) is 4.31. The van der Waals surface area contributed by atoms with Crippen LogP contribution < -0.4 is 4.74 Å². The summed E-state index contributed by atoms with van der Waals surface area (Å²) in [5.41, 5.74) is 4.77. The molecule has 2 aromatic rings. The van der Waals surface area contributed by atoms with Gasteiger partial charge < -0.3 is 4.74 Å². The summed E-state index contributed by atoms with van der Waals surface area (Å²) in [5, 5.41) is 3.21. The molecule has 2 nitrogen and oxygen atoms in total. The summed E-state index contributed by atoms with van der Waals surface area (Å²) in [4.78, 5) is 4.47. The lowest BCUT2D eigenvalue weighted by Crippen LogP contribution is -2.01. The molecular formula is C17H22ClNOS. The molecule has 1 aromatic heterocycles. The molecule has 0 saturated carbocycles. The van der Waals surface area contributed by atoms with Crippen LogP contribution in [0.2, 0.25) is 0 Å². The molecular weight excluding hydrogens is 302 g/mol. The topological polar surface area (TPSA) is 22.1 Å². The molecule has 0 unspecified atom stereocenters. The van der Waals surface area contributed by atoms with Gasteiger partial charge in [-0.15, -0.1) is 22.9 Å². The van der Waals surface area contributed by atoms with Crippen LogP contribution in [0, 0.1) is 20.8 Å². The molecule has 0 aliphatic carbocycles. The van der Waals surface area contributed by atoms with Crippen molar-refractivity contribution < 1.29 is 4.74 Å². The fourth-order valence-corrected chi connectivity index (χ4v) is 3.30. The predicted molar refractivity (Wildman–Crippen MR) is 90.8 cm³/mol. The van der Waals surface area contributed by atoms with Gasteiger partial charge in [0, 0.05) is 5.38 Å². The van der Waals surface area contributed by atoms with E-state index in [4.69, 9.17) is 16.3 Å². The normalized spacial score (nSPS) is 10.9. The molecule has 0 amide bonds. The van der Waals surface area contributed by atoms with Crippen molar-refractivity contribution in [3.63, 3.8) is 0 Å². The van der Waals surface area contributed by atoms with Crippen LogP contribution in [0.25, 0.3) is 0 Å². The first-order valence-corrected chi connectivity index (χ1v) is 8.71. The third-order valence-corrected chi connectivity index (χ3v) is 4.77. The minimum Gasteiger partial charge on any atom is -0.493 e. The predicted octanol–water partition coefficient (Wildman–Crippen LogP) is 5.21. The fraction of sp³-hybridized carbons (Fsp3) is 0.471. The SMILES string of the molecule is Cc1cc(C)c(C)c(OCCCCc2nc(CCl)cs2)c1. The molecule has 2 rings (SSSR count). The van der Waals surface area contributed by atoms with E-state index in [-0.39, 0.29) is 0 Å². The molecule has 0 N–H and O–H groups in total. The molecule has 21 heavy (non-hydrogen) atoms. The Bertz CT molecular complexity index is 594. The molecule has 0 aliphatic rings. The first-order valence-electron chi connectivity index (χ1n) is 7.30. The van der Waals surface area contributed by atoms with Crippen LogP contribution in [0.5, 0.6) is 5.75 Å². The van der Waals surface area contributed by atoms with Gasteiger partial charge in [0.05, 0.1) is 23.2 Å². The van der Waals surface area contributed by atoms with Gasteiger partial charge in [0.15, 0.2) is 0 Å². The van der Waals surface area contributed by atoms with E-state index in [0.29, 0.717) is 5.88 Å². The van der Waals surface area contributed by atoms with E-state index in [0.717, 1.165) is 37.3 Å². The number of halogens is 1. The Labute approximate surface area is 136 Å². The van der Waals surface area contributed by atoms with Crippen LogP contribution in [-0.2, 0) is 12.3 Å². The minimum atomic E-state index is 0.506. The van der Waals surface area contributed by atoms with Gasteiger partial charge in [0.1, 0.15) is 5.75 Å². The van der Waals surface area contributed by atoms with Crippen molar-refractivity contribution in [3.8, 4) is 5.75 Å². The fourth-order valence-electron chi connectivity index (χ4n) is 2.24. The van der Waals surface area contributed by atoms with Gasteiger partial charge in [-0.05, 0) is 62.8 Å². The summed E-state index contributed by atoms with van der Waals surface area (Å²) in [5.74, 6) is 1.53. The van der Waals surface area contributed by atoms with Crippen LogP contribution >= 0.6 is 22.9 Å². The monoisotopic (exact) mass is 323 g/mol.